The Bertz CT molecular complexity index is 4240. The summed E-state index contributed by atoms with van der Waals surface area (Å²) >= 11 is 0. The van der Waals surface area contributed by atoms with Crippen LogP contribution in [0.2, 0.25) is 0 Å². The number of hydrogen-bond donors (Lipinski definition) is 16. The molecular formula is C83H104N14O21. The summed E-state index contributed by atoms with van der Waals surface area (Å²) in [5, 5.41) is 57.8. The molecule has 7 rings (SSSR count). The summed E-state index contributed by atoms with van der Waals surface area (Å²) in [6.07, 6.45) is -11.3. The lowest BCUT2D eigenvalue weighted by atomic mass is 10.00. The molecular weight excluding hydrogens is 1530 g/mol. The first-order valence-corrected chi connectivity index (χ1v) is 38.6. The maximum atomic E-state index is 15.4. The van der Waals surface area contributed by atoms with Crippen LogP contribution in [-0.4, -0.2) is 193 Å². The van der Waals surface area contributed by atoms with Gasteiger partial charge in [0, 0.05) is 39.1 Å². The van der Waals surface area contributed by atoms with Gasteiger partial charge in [0.1, 0.15) is 87.4 Å². The third kappa shape index (κ3) is 33.7. The highest BCUT2D eigenvalue weighted by Crippen LogP contribution is 2.14. The van der Waals surface area contributed by atoms with Crippen molar-refractivity contribution in [1.29, 1.82) is 0 Å². The molecule has 0 aliphatic carbocycles. The SMILES string of the molecule is CC(C)C[C@@H]1NC(=O)[C@H](Cc2ccccc2)NC(=O)[C@H](CCNC(=O)OCc2ccccc2)NC(=O)[C@@H](NC(=O)[C@H](CCNC(=O)OCc2ccccc2)NC(=O)[C@@H](NC(=O)OCc2ccccc2)[C@@H](C)O)CCNC(=O)[C@@H]([C@@H](C)O)NC(=O)[C@H](CCNC(=O)OCc2ccccc2)NC(=O)[C@H](CCNC(=O)OCc2ccccc2)NC1=O. The fraction of sp³-hybridized carbons (Fsp3) is 0.398. The van der Waals surface area contributed by atoms with Crippen LogP contribution in [0, 0.1) is 5.92 Å². The first-order valence-electron chi connectivity index (χ1n) is 38.6. The number of ether oxygens (including phenoxy) is 5. The third-order valence-electron chi connectivity index (χ3n) is 18.1. The fourth-order valence-corrected chi connectivity index (χ4v) is 11.8. The van der Waals surface area contributed by atoms with E-state index in [1.54, 1.807) is 196 Å². The molecule has 1 heterocycles. The van der Waals surface area contributed by atoms with E-state index in [2.05, 4.69) is 74.4 Å². The highest BCUT2D eigenvalue weighted by molar-refractivity contribution is 5.99. The molecule has 1 aliphatic heterocycles. The van der Waals surface area contributed by atoms with Crippen LogP contribution in [0.3, 0.4) is 0 Å². The molecule has 6 aromatic rings. The van der Waals surface area contributed by atoms with E-state index in [1.165, 1.54) is 0 Å². The molecule has 0 aromatic heterocycles. The number of nitrogens with one attached hydrogen (secondary N) is 14. The van der Waals surface area contributed by atoms with E-state index in [0.717, 1.165) is 13.8 Å². The molecule has 0 unspecified atom stereocenters. The number of carbonyl (C=O) groups excluding carboxylic acids is 14. The van der Waals surface area contributed by atoms with Gasteiger partial charge in [0.25, 0.3) is 0 Å². The Morgan fingerprint density at radius 2 is 0.712 bits per heavy atom. The number of aliphatic hydroxyl groups excluding tert-OH is 2. The van der Waals surface area contributed by atoms with Crippen LogP contribution in [0.1, 0.15) is 99.6 Å². The van der Waals surface area contributed by atoms with Crippen molar-refractivity contribution in [1.82, 2.24) is 74.4 Å². The van der Waals surface area contributed by atoms with Gasteiger partial charge in [-0.15, -0.1) is 0 Å². The minimum Gasteiger partial charge on any atom is -0.445 e. The van der Waals surface area contributed by atoms with Crippen molar-refractivity contribution in [3.05, 3.63) is 215 Å². The van der Waals surface area contributed by atoms with Gasteiger partial charge >= 0.3 is 30.5 Å². The van der Waals surface area contributed by atoms with Crippen LogP contribution in [0.4, 0.5) is 24.0 Å². The van der Waals surface area contributed by atoms with Gasteiger partial charge < -0.3 is 108 Å². The molecule has 0 bridgehead atoms. The minimum atomic E-state index is -1.91. The van der Waals surface area contributed by atoms with Crippen LogP contribution < -0.4 is 74.4 Å². The third-order valence-corrected chi connectivity index (χ3v) is 18.1. The Morgan fingerprint density at radius 3 is 1.09 bits per heavy atom. The molecule has 0 spiro atoms. The van der Waals surface area contributed by atoms with Gasteiger partial charge in [-0.2, -0.15) is 0 Å². The van der Waals surface area contributed by atoms with E-state index >= 15 is 24.0 Å². The van der Waals surface area contributed by atoms with Crippen molar-refractivity contribution in [3.8, 4) is 0 Å². The first-order chi connectivity index (χ1) is 56.8. The van der Waals surface area contributed by atoms with Crippen molar-refractivity contribution < 1.29 is 101 Å². The van der Waals surface area contributed by atoms with Crippen molar-refractivity contribution in [2.75, 3.05) is 32.7 Å². The number of aliphatic hydroxyl groups is 2. The molecule has 35 nitrogen and oxygen atoms in total. The topological polar surface area (TPSA) is 494 Å². The van der Waals surface area contributed by atoms with Crippen molar-refractivity contribution in [2.45, 2.75) is 172 Å². The summed E-state index contributed by atoms with van der Waals surface area (Å²) in [4.78, 5) is 201. The molecule has 11 atom stereocenters. The van der Waals surface area contributed by atoms with Crippen LogP contribution >= 0.6 is 0 Å². The lowest BCUT2D eigenvalue weighted by Crippen LogP contribution is -2.61. The fourth-order valence-electron chi connectivity index (χ4n) is 11.8. The summed E-state index contributed by atoms with van der Waals surface area (Å²) in [6, 6.07) is 35.5. The normalized spacial score (nSPS) is 18.7. The second kappa shape index (κ2) is 49.6. The highest BCUT2D eigenvalue weighted by atomic mass is 16.6. The molecule has 632 valence electrons. The molecule has 35 heteroatoms. The Balaban J connectivity index is 1.27. The smallest absolute Gasteiger partial charge is 0.408 e. The predicted octanol–water partition coefficient (Wildman–Crippen LogP) is 3.00. The summed E-state index contributed by atoms with van der Waals surface area (Å²) in [5.74, 6) is -10.4. The Labute approximate surface area is 682 Å². The average Bonchev–Trinajstić information content (AvgIpc) is 1.84. The summed E-state index contributed by atoms with van der Waals surface area (Å²) in [7, 11) is 0. The number of amides is 14. The number of hydrogen-bond acceptors (Lipinski definition) is 21. The standard InChI is InChI=1S/C83H104N14O21/c1-52(2)45-66-75(105)92-62(36-41-85-79(109)114-47-56-25-13-6-14-26-56)71(101)91-65(39-44-88-82(112)117-50-59-31-19-9-20-32-59)74(104)96-68(53(3)98)77(107)84-40-35-61(70(100)90-63(37-42-86-80(110)115-48-57-27-15-7-16-28-57)73(103)95-67(76(106)94-66)46-55-23-11-5-12-24-55)89-72(102)64(38-43-87-81(111)116-49-58-29-17-8-18-30-58)93-78(108)69(54(4)99)97-83(113)118-51-60-33-21-10-22-34-60/h5-34,52-54,61-69,98-99H,35-51H2,1-4H3,(H,84,107)(H,85,109)(H,86,110)(H,87,111)(H,88,112)(H,89,102)(H,90,100)(H,91,101)(H,92,105)(H,93,108)(H,94,106)(H,95,103)(H,96,104)(H,97,113)/t53-,54-,61+,62+,63+,64+,65+,66+,67+,68-,69+/m1/s1. The van der Waals surface area contributed by atoms with Gasteiger partial charge in [-0.05, 0) is 91.7 Å². The largest absolute Gasteiger partial charge is 0.445 e. The monoisotopic (exact) mass is 1630 g/mol. The van der Waals surface area contributed by atoms with Crippen molar-refractivity contribution in [3.63, 3.8) is 0 Å². The maximum Gasteiger partial charge on any atom is 0.408 e. The second-order valence-corrected chi connectivity index (χ2v) is 28.1. The summed E-state index contributed by atoms with van der Waals surface area (Å²) in [6.45, 7) is 2.56. The molecule has 1 fully saturated rings. The first kappa shape index (κ1) is 92.0. The lowest BCUT2D eigenvalue weighted by molar-refractivity contribution is -0.136. The van der Waals surface area contributed by atoms with Gasteiger partial charge in [-0.25, -0.2) is 24.0 Å². The zero-order chi connectivity index (χ0) is 85.1. The number of benzene rings is 6. The Kier molecular flexibility index (Phi) is 38.6. The van der Waals surface area contributed by atoms with Gasteiger partial charge in [-0.3, -0.25) is 43.2 Å². The maximum absolute atomic E-state index is 15.4. The number of rotatable bonds is 33. The highest BCUT2D eigenvalue weighted by Gasteiger charge is 2.38. The van der Waals surface area contributed by atoms with Crippen LogP contribution in [-0.2, 0) is 106 Å². The van der Waals surface area contributed by atoms with E-state index in [-0.39, 0.29) is 58.3 Å². The molecule has 0 saturated carbocycles. The summed E-state index contributed by atoms with van der Waals surface area (Å²) < 4.78 is 26.9. The number of alkyl carbamates (subject to hydrolysis) is 5. The zero-order valence-electron chi connectivity index (χ0n) is 65.9. The van der Waals surface area contributed by atoms with E-state index in [4.69, 9.17) is 23.7 Å². The molecule has 118 heavy (non-hydrogen) atoms. The average molecular weight is 1630 g/mol. The quantitative estimate of drug-likeness (QED) is 0.0263. The molecule has 6 aromatic carbocycles. The van der Waals surface area contributed by atoms with Crippen LogP contribution in [0.25, 0.3) is 0 Å². The minimum absolute atomic E-state index is 0.121. The van der Waals surface area contributed by atoms with Gasteiger partial charge in [0.05, 0.1) is 12.2 Å². The van der Waals surface area contributed by atoms with Gasteiger partial charge in [0.15, 0.2) is 0 Å². The van der Waals surface area contributed by atoms with Gasteiger partial charge in [-0.1, -0.05) is 196 Å². The van der Waals surface area contributed by atoms with Crippen LogP contribution in [0.15, 0.2) is 182 Å². The van der Waals surface area contributed by atoms with Crippen molar-refractivity contribution >= 4 is 83.6 Å². The molecule has 14 amide bonds. The molecule has 1 aliphatic rings. The van der Waals surface area contributed by atoms with E-state index in [9.17, 15) is 53.4 Å². The van der Waals surface area contributed by atoms with E-state index in [0.29, 0.717) is 33.4 Å². The van der Waals surface area contributed by atoms with Crippen molar-refractivity contribution in [2.24, 2.45) is 5.92 Å². The van der Waals surface area contributed by atoms with Crippen LogP contribution in [0.5, 0.6) is 0 Å². The Morgan fingerprint density at radius 1 is 0.381 bits per heavy atom. The molecule has 0 radical (unpaired) electrons. The second-order valence-electron chi connectivity index (χ2n) is 28.1. The lowest BCUT2D eigenvalue weighted by Gasteiger charge is -2.29. The van der Waals surface area contributed by atoms with Gasteiger partial charge in [0.2, 0.25) is 53.2 Å². The summed E-state index contributed by atoms with van der Waals surface area (Å²) in [5.41, 5.74) is 3.57. The zero-order valence-corrected chi connectivity index (χ0v) is 65.9. The molecule has 16 N–H and O–H groups in total. The predicted molar refractivity (Wildman–Crippen MR) is 427 cm³/mol. The molecule has 1 saturated heterocycles. The Hall–Kier alpha value is -13.2. The van der Waals surface area contributed by atoms with E-state index < -0.39 is 208 Å². The number of carbonyl (C=O) groups is 14. The van der Waals surface area contributed by atoms with E-state index in [1.807, 2.05) is 0 Å².